The molecule has 0 fully saturated rings. The molecule has 0 spiro atoms. The highest BCUT2D eigenvalue weighted by atomic mass is 32.2. The summed E-state index contributed by atoms with van der Waals surface area (Å²) in [4.78, 5) is 10.8. The van der Waals surface area contributed by atoms with Gasteiger partial charge in [-0.2, -0.15) is 13.2 Å². The number of rotatable bonds is 6. The zero-order chi connectivity index (χ0) is 11.0. The smallest absolute Gasteiger partial charge is 0.287 e. The third-order valence-corrected chi connectivity index (χ3v) is 2.76. The van der Waals surface area contributed by atoms with Crippen molar-refractivity contribution in [1.82, 2.24) is 0 Å². The molecule has 0 amide bonds. The van der Waals surface area contributed by atoms with E-state index in [0.717, 1.165) is 0 Å². The van der Waals surface area contributed by atoms with E-state index in [1.165, 1.54) is 11.8 Å². The quantitative estimate of drug-likeness (QED) is 0.643. The molecule has 0 bridgehead atoms. The van der Waals surface area contributed by atoms with Crippen LogP contribution in [0.5, 0.6) is 0 Å². The number of hydrogen-bond donors (Lipinski definition) is 0. The van der Waals surface area contributed by atoms with Crippen LogP contribution < -0.4 is 0 Å². The van der Waals surface area contributed by atoms with Gasteiger partial charge < -0.3 is 0 Å². The van der Waals surface area contributed by atoms with Crippen LogP contribution in [0.3, 0.4) is 0 Å². The van der Waals surface area contributed by atoms with Gasteiger partial charge in [-0.1, -0.05) is 25.1 Å². The molecular weight excluding hydrogens is 213 g/mol. The molecule has 0 rings (SSSR count). The van der Waals surface area contributed by atoms with Gasteiger partial charge in [-0.15, -0.1) is 0 Å². The minimum Gasteiger partial charge on any atom is -0.287 e. The number of halogens is 3. The third-order valence-electron chi connectivity index (χ3n) is 1.66. The Bertz CT molecular complexity index is 168. The van der Waals surface area contributed by atoms with E-state index in [0.29, 0.717) is 25.0 Å². The number of unbranched alkanes of at least 4 members (excludes halogenated alkanes) is 2. The van der Waals surface area contributed by atoms with Crippen LogP contribution in [0.4, 0.5) is 13.2 Å². The van der Waals surface area contributed by atoms with Gasteiger partial charge in [0.2, 0.25) is 0 Å². The summed E-state index contributed by atoms with van der Waals surface area (Å²) in [6.45, 7) is 1.78. The normalized spacial score (nSPS) is 11.7. The summed E-state index contributed by atoms with van der Waals surface area (Å²) < 4.78 is 35.1. The Balaban J connectivity index is 3.18. The molecule has 5 heteroatoms. The lowest BCUT2D eigenvalue weighted by Gasteiger charge is -2.04. The first-order valence-electron chi connectivity index (χ1n) is 4.68. The summed E-state index contributed by atoms with van der Waals surface area (Å²) in [5, 5.41) is 0.112. The molecule has 0 aliphatic heterocycles. The number of carbonyl (C=O) groups is 1. The average Bonchev–Trinajstić information content (AvgIpc) is 2.08. The fourth-order valence-electron chi connectivity index (χ4n) is 0.892. The highest BCUT2D eigenvalue weighted by Gasteiger charge is 2.25. The topological polar surface area (TPSA) is 17.1 Å². The molecule has 0 N–H and O–H groups in total. The van der Waals surface area contributed by atoms with Crippen molar-refractivity contribution in [3.8, 4) is 0 Å². The molecule has 0 aromatic rings. The van der Waals surface area contributed by atoms with Crippen LogP contribution in [-0.4, -0.2) is 17.0 Å². The largest absolute Gasteiger partial charge is 0.389 e. The lowest BCUT2D eigenvalue weighted by Crippen LogP contribution is -2.06. The van der Waals surface area contributed by atoms with Gasteiger partial charge in [-0.3, -0.25) is 4.79 Å². The monoisotopic (exact) mass is 228 g/mol. The van der Waals surface area contributed by atoms with Gasteiger partial charge in [-0.05, 0) is 12.8 Å². The molecule has 0 saturated carbocycles. The van der Waals surface area contributed by atoms with Crippen molar-refractivity contribution in [3.05, 3.63) is 0 Å². The standard InChI is InChI=1S/C9H15F3OS/c1-2-8(13)14-7-5-3-4-6-9(10,11)12/h2-7H2,1H3. The minimum atomic E-state index is -4.04. The molecule has 84 valence electrons. The van der Waals surface area contributed by atoms with Gasteiger partial charge in [-0.25, -0.2) is 0 Å². The van der Waals surface area contributed by atoms with E-state index >= 15 is 0 Å². The van der Waals surface area contributed by atoms with E-state index in [2.05, 4.69) is 0 Å². The lowest BCUT2D eigenvalue weighted by molar-refractivity contribution is -0.135. The molecule has 0 radical (unpaired) electrons. The second-order valence-electron chi connectivity index (χ2n) is 3.00. The van der Waals surface area contributed by atoms with E-state index in [1.807, 2.05) is 0 Å². The molecule has 1 nitrogen and oxygen atoms in total. The number of hydrogen-bond acceptors (Lipinski definition) is 2. The van der Waals surface area contributed by atoms with Gasteiger partial charge >= 0.3 is 6.18 Å². The molecule has 0 aliphatic carbocycles. The molecular formula is C9H15F3OS. The van der Waals surface area contributed by atoms with Gasteiger partial charge in [0.25, 0.3) is 0 Å². The van der Waals surface area contributed by atoms with Crippen molar-refractivity contribution in [1.29, 1.82) is 0 Å². The Morgan fingerprint density at radius 3 is 2.36 bits per heavy atom. The number of alkyl halides is 3. The van der Waals surface area contributed by atoms with E-state index in [9.17, 15) is 18.0 Å². The van der Waals surface area contributed by atoms with E-state index in [4.69, 9.17) is 0 Å². The lowest BCUT2D eigenvalue weighted by atomic mass is 10.2. The van der Waals surface area contributed by atoms with Crippen molar-refractivity contribution in [2.45, 2.75) is 45.2 Å². The summed E-state index contributed by atoms with van der Waals surface area (Å²) >= 11 is 1.21. The van der Waals surface area contributed by atoms with E-state index < -0.39 is 12.6 Å². The van der Waals surface area contributed by atoms with Crippen molar-refractivity contribution >= 4 is 16.9 Å². The minimum absolute atomic E-state index is 0.112. The van der Waals surface area contributed by atoms with Crippen LogP contribution in [0.1, 0.15) is 39.0 Å². The summed E-state index contributed by atoms with van der Waals surface area (Å²) in [7, 11) is 0. The third kappa shape index (κ3) is 9.89. The molecule has 0 aliphatic rings. The SMILES string of the molecule is CCC(=O)SCCCCCC(F)(F)F. The first-order chi connectivity index (χ1) is 6.45. The number of thioether (sulfide) groups is 1. The summed E-state index contributed by atoms with van der Waals surface area (Å²) in [6, 6.07) is 0. The second-order valence-corrected chi connectivity index (χ2v) is 4.15. The van der Waals surface area contributed by atoms with Crippen LogP contribution in [0.25, 0.3) is 0 Å². The predicted molar refractivity (Wildman–Crippen MR) is 52.3 cm³/mol. The molecule has 0 saturated heterocycles. The van der Waals surface area contributed by atoms with Crippen LogP contribution in [0, 0.1) is 0 Å². The molecule has 0 unspecified atom stereocenters. The average molecular weight is 228 g/mol. The van der Waals surface area contributed by atoms with Crippen LogP contribution in [-0.2, 0) is 4.79 Å². The zero-order valence-electron chi connectivity index (χ0n) is 8.19. The maximum absolute atomic E-state index is 11.7. The van der Waals surface area contributed by atoms with Crippen molar-refractivity contribution in [2.24, 2.45) is 0 Å². The maximum atomic E-state index is 11.7. The van der Waals surface area contributed by atoms with Gasteiger partial charge in [0.15, 0.2) is 5.12 Å². The van der Waals surface area contributed by atoms with Gasteiger partial charge in [0, 0.05) is 18.6 Å². The first kappa shape index (κ1) is 13.8. The molecule has 0 atom stereocenters. The van der Waals surface area contributed by atoms with Gasteiger partial charge in [0.05, 0.1) is 0 Å². The highest BCUT2D eigenvalue weighted by Crippen LogP contribution is 2.23. The summed E-state index contributed by atoms with van der Waals surface area (Å²) in [5.74, 6) is 0.643. The molecule has 14 heavy (non-hydrogen) atoms. The predicted octanol–water partition coefficient (Wildman–Crippen LogP) is 3.78. The molecule has 0 heterocycles. The molecule has 0 aromatic carbocycles. The van der Waals surface area contributed by atoms with E-state index in [-0.39, 0.29) is 11.5 Å². The summed E-state index contributed by atoms with van der Waals surface area (Å²) in [5.41, 5.74) is 0. The zero-order valence-corrected chi connectivity index (χ0v) is 9.01. The Labute approximate surface area is 86.4 Å². The van der Waals surface area contributed by atoms with Crippen molar-refractivity contribution < 1.29 is 18.0 Å². The fourth-order valence-corrected chi connectivity index (χ4v) is 1.67. The van der Waals surface area contributed by atoms with Crippen molar-refractivity contribution in [2.75, 3.05) is 5.75 Å². The van der Waals surface area contributed by atoms with Crippen LogP contribution in [0.15, 0.2) is 0 Å². The summed E-state index contributed by atoms with van der Waals surface area (Å²) in [6.07, 6.45) is -2.85. The van der Waals surface area contributed by atoms with Crippen LogP contribution in [0.2, 0.25) is 0 Å². The van der Waals surface area contributed by atoms with Crippen LogP contribution >= 0.6 is 11.8 Å². The Morgan fingerprint density at radius 1 is 1.21 bits per heavy atom. The second kappa shape index (κ2) is 7.15. The van der Waals surface area contributed by atoms with Gasteiger partial charge in [0.1, 0.15) is 0 Å². The van der Waals surface area contributed by atoms with E-state index in [1.54, 1.807) is 6.92 Å². The fraction of sp³-hybridized carbons (Fsp3) is 0.889. The Hall–Kier alpha value is -0.190. The molecule has 0 aromatic heterocycles. The Kier molecular flexibility index (Phi) is 7.05. The number of carbonyl (C=O) groups excluding carboxylic acids is 1. The van der Waals surface area contributed by atoms with Crippen molar-refractivity contribution in [3.63, 3.8) is 0 Å². The highest BCUT2D eigenvalue weighted by molar-refractivity contribution is 8.13. The maximum Gasteiger partial charge on any atom is 0.389 e. The Morgan fingerprint density at radius 2 is 1.86 bits per heavy atom. The first-order valence-corrected chi connectivity index (χ1v) is 5.66.